The third-order valence-electron chi connectivity index (χ3n) is 4.92. The molecule has 21 heavy (non-hydrogen) atoms. The van der Waals surface area contributed by atoms with Crippen molar-refractivity contribution in [2.75, 3.05) is 26.2 Å². The Morgan fingerprint density at radius 3 is 2.48 bits per heavy atom. The predicted octanol–water partition coefficient (Wildman–Crippen LogP) is 3.45. The highest BCUT2D eigenvalue weighted by molar-refractivity contribution is 5.34. The van der Waals surface area contributed by atoms with Crippen molar-refractivity contribution < 1.29 is 4.74 Å². The van der Waals surface area contributed by atoms with Crippen LogP contribution in [0.2, 0.25) is 0 Å². The molecule has 1 aliphatic heterocycles. The molecule has 2 atom stereocenters. The molecule has 1 saturated carbocycles. The number of hydrogen-bond donors (Lipinski definition) is 0. The minimum atomic E-state index is 0.682. The number of fused-ring (bicyclic) bond motifs is 1. The smallest absolute Gasteiger partial charge is 0.119 e. The number of rotatable bonds is 6. The predicted molar refractivity (Wildman–Crippen MR) is 83.2 cm³/mol. The fraction of sp³-hybridized carbons (Fsp3) is 0.611. The highest BCUT2D eigenvalue weighted by Gasteiger charge is 2.35. The van der Waals surface area contributed by atoms with Crippen molar-refractivity contribution >= 4 is 0 Å². The number of nitrogens with zero attached hydrogens (tertiary/aromatic N) is 2. The molecule has 112 valence electrons. The highest BCUT2D eigenvalue weighted by atomic mass is 16.5. The summed E-state index contributed by atoms with van der Waals surface area (Å²) in [4.78, 5) is 2.65. The number of benzene rings is 1. The fourth-order valence-corrected chi connectivity index (χ4v) is 3.77. The Morgan fingerprint density at radius 1 is 1.10 bits per heavy atom. The summed E-state index contributed by atoms with van der Waals surface area (Å²) >= 11 is 0. The molecule has 1 aliphatic carbocycles. The van der Waals surface area contributed by atoms with Crippen LogP contribution < -0.4 is 4.74 Å². The summed E-state index contributed by atoms with van der Waals surface area (Å²) in [6.07, 6.45) is 6.70. The summed E-state index contributed by atoms with van der Waals surface area (Å²) in [6, 6.07) is 9.48. The summed E-state index contributed by atoms with van der Waals surface area (Å²) in [6.45, 7) is 4.67. The van der Waals surface area contributed by atoms with E-state index in [1.807, 2.05) is 12.1 Å². The van der Waals surface area contributed by atoms with Crippen molar-refractivity contribution in [2.24, 2.45) is 11.8 Å². The third kappa shape index (κ3) is 3.77. The van der Waals surface area contributed by atoms with E-state index in [0.717, 1.165) is 30.6 Å². The lowest BCUT2D eigenvalue weighted by molar-refractivity contribution is 0.270. The molecule has 0 N–H and O–H groups in total. The molecule has 2 fully saturated rings. The monoisotopic (exact) mass is 284 g/mol. The normalized spacial score (nSPS) is 24.7. The lowest BCUT2D eigenvalue weighted by Crippen LogP contribution is -2.23. The van der Waals surface area contributed by atoms with Gasteiger partial charge in [-0.1, -0.05) is 6.42 Å². The van der Waals surface area contributed by atoms with Crippen molar-refractivity contribution in [3.8, 4) is 11.8 Å². The minimum Gasteiger partial charge on any atom is -0.494 e. The minimum absolute atomic E-state index is 0.682. The van der Waals surface area contributed by atoms with Crippen LogP contribution in [0.4, 0.5) is 0 Å². The lowest BCUT2D eigenvalue weighted by atomic mass is 10.0. The lowest BCUT2D eigenvalue weighted by Gasteiger charge is -2.16. The van der Waals surface area contributed by atoms with Gasteiger partial charge in [0.15, 0.2) is 0 Å². The van der Waals surface area contributed by atoms with E-state index in [4.69, 9.17) is 10.00 Å². The fourth-order valence-electron chi connectivity index (χ4n) is 3.77. The summed E-state index contributed by atoms with van der Waals surface area (Å²) in [5.41, 5.74) is 0.682. The molecule has 0 radical (unpaired) electrons. The SMILES string of the molecule is N#Cc1ccc(OCCCCN2CC3CCCC3C2)cc1. The van der Waals surface area contributed by atoms with E-state index in [2.05, 4.69) is 11.0 Å². The number of likely N-dealkylation sites (tertiary alicyclic amines) is 1. The molecule has 3 nitrogen and oxygen atoms in total. The van der Waals surface area contributed by atoms with Crippen LogP contribution in [-0.4, -0.2) is 31.1 Å². The van der Waals surface area contributed by atoms with E-state index in [1.54, 1.807) is 12.1 Å². The van der Waals surface area contributed by atoms with E-state index >= 15 is 0 Å². The molecule has 3 heteroatoms. The van der Waals surface area contributed by atoms with Crippen molar-refractivity contribution in [1.82, 2.24) is 4.90 Å². The van der Waals surface area contributed by atoms with Gasteiger partial charge in [-0.05, 0) is 68.3 Å². The molecule has 0 aromatic heterocycles. The first-order valence-corrected chi connectivity index (χ1v) is 8.20. The van der Waals surface area contributed by atoms with Crippen LogP contribution in [0.3, 0.4) is 0 Å². The maximum Gasteiger partial charge on any atom is 0.119 e. The molecular formula is C18H24N2O. The molecule has 0 bridgehead atoms. The van der Waals surface area contributed by atoms with E-state index in [1.165, 1.54) is 45.3 Å². The first kappa shape index (κ1) is 14.4. The van der Waals surface area contributed by atoms with Gasteiger partial charge in [-0.2, -0.15) is 5.26 Å². The molecular weight excluding hydrogens is 260 g/mol. The van der Waals surface area contributed by atoms with Crippen LogP contribution in [0.25, 0.3) is 0 Å². The van der Waals surface area contributed by atoms with Gasteiger partial charge >= 0.3 is 0 Å². The Morgan fingerprint density at radius 2 is 1.81 bits per heavy atom. The Labute approximate surface area is 127 Å². The van der Waals surface area contributed by atoms with Gasteiger partial charge in [-0.25, -0.2) is 0 Å². The first-order valence-electron chi connectivity index (χ1n) is 8.20. The van der Waals surface area contributed by atoms with E-state index in [-0.39, 0.29) is 0 Å². The second-order valence-corrected chi connectivity index (χ2v) is 6.40. The zero-order chi connectivity index (χ0) is 14.5. The Bertz CT molecular complexity index is 479. The number of hydrogen-bond acceptors (Lipinski definition) is 3. The molecule has 2 unspecified atom stereocenters. The van der Waals surface area contributed by atoms with Gasteiger partial charge in [-0.3, -0.25) is 0 Å². The Hall–Kier alpha value is -1.53. The van der Waals surface area contributed by atoms with Crippen molar-refractivity contribution in [3.63, 3.8) is 0 Å². The van der Waals surface area contributed by atoms with E-state index in [9.17, 15) is 0 Å². The van der Waals surface area contributed by atoms with Gasteiger partial charge < -0.3 is 9.64 Å². The van der Waals surface area contributed by atoms with E-state index in [0.29, 0.717) is 5.56 Å². The summed E-state index contributed by atoms with van der Waals surface area (Å²) in [5, 5.41) is 8.74. The quantitative estimate of drug-likeness (QED) is 0.751. The summed E-state index contributed by atoms with van der Waals surface area (Å²) in [7, 11) is 0. The molecule has 1 heterocycles. The van der Waals surface area contributed by atoms with Crippen LogP contribution in [0.5, 0.6) is 5.75 Å². The largest absolute Gasteiger partial charge is 0.494 e. The topological polar surface area (TPSA) is 36.3 Å². The average Bonchev–Trinajstić information content (AvgIpc) is 3.09. The Kier molecular flexibility index (Phi) is 4.77. The molecule has 1 saturated heterocycles. The average molecular weight is 284 g/mol. The maximum absolute atomic E-state index is 8.74. The number of unbranched alkanes of at least 4 members (excludes halogenated alkanes) is 1. The van der Waals surface area contributed by atoms with Crippen LogP contribution >= 0.6 is 0 Å². The van der Waals surface area contributed by atoms with Gasteiger partial charge in [-0.15, -0.1) is 0 Å². The number of nitriles is 1. The summed E-state index contributed by atoms with van der Waals surface area (Å²) in [5.74, 6) is 2.87. The van der Waals surface area contributed by atoms with Crippen LogP contribution in [0.15, 0.2) is 24.3 Å². The molecule has 2 aliphatic rings. The number of ether oxygens (including phenoxy) is 1. The van der Waals surface area contributed by atoms with Gasteiger partial charge in [0, 0.05) is 13.1 Å². The molecule has 1 aromatic carbocycles. The third-order valence-corrected chi connectivity index (χ3v) is 4.92. The zero-order valence-corrected chi connectivity index (χ0v) is 12.6. The second-order valence-electron chi connectivity index (χ2n) is 6.40. The van der Waals surface area contributed by atoms with Gasteiger partial charge in [0.1, 0.15) is 5.75 Å². The van der Waals surface area contributed by atoms with Crippen LogP contribution in [0, 0.1) is 23.2 Å². The van der Waals surface area contributed by atoms with Crippen molar-refractivity contribution in [1.29, 1.82) is 5.26 Å². The summed E-state index contributed by atoms with van der Waals surface area (Å²) < 4.78 is 5.72. The molecule has 0 spiro atoms. The highest BCUT2D eigenvalue weighted by Crippen LogP contribution is 2.37. The van der Waals surface area contributed by atoms with Gasteiger partial charge in [0.2, 0.25) is 0 Å². The van der Waals surface area contributed by atoms with Crippen molar-refractivity contribution in [2.45, 2.75) is 32.1 Å². The first-order chi connectivity index (χ1) is 10.3. The maximum atomic E-state index is 8.74. The Balaban J connectivity index is 1.29. The molecule has 0 amide bonds. The van der Waals surface area contributed by atoms with Crippen LogP contribution in [-0.2, 0) is 0 Å². The van der Waals surface area contributed by atoms with E-state index < -0.39 is 0 Å². The van der Waals surface area contributed by atoms with Gasteiger partial charge in [0.05, 0.1) is 18.2 Å². The van der Waals surface area contributed by atoms with Gasteiger partial charge in [0.25, 0.3) is 0 Å². The zero-order valence-electron chi connectivity index (χ0n) is 12.6. The molecule has 3 rings (SSSR count). The molecule has 1 aromatic rings. The van der Waals surface area contributed by atoms with Crippen LogP contribution in [0.1, 0.15) is 37.7 Å². The second kappa shape index (κ2) is 6.95. The standard InChI is InChI=1S/C18H24N2O/c19-12-15-6-8-18(9-7-15)21-11-2-1-10-20-13-16-4-3-5-17(16)14-20/h6-9,16-17H,1-5,10-11,13-14H2. The van der Waals surface area contributed by atoms with Crippen molar-refractivity contribution in [3.05, 3.63) is 29.8 Å².